The van der Waals surface area contributed by atoms with Crippen molar-refractivity contribution in [2.45, 2.75) is 19.8 Å². The molecule has 1 rings (SSSR count). The summed E-state index contributed by atoms with van der Waals surface area (Å²) in [5.41, 5.74) is 0.766. The van der Waals surface area contributed by atoms with E-state index in [0.29, 0.717) is 6.61 Å². The lowest BCUT2D eigenvalue weighted by Crippen LogP contribution is -2.14. The molecule has 0 unspecified atom stereocenters. The Bertz CT molecular complexity index is 241. The zero-order valence-electron chi connectivity index (χ0n) is 7.54. The molecule has 0 saturated heterocycles. The van der Waals surface area contributed by atoms with Gasteiger partial charge < -0.3 is 4.74 Å². The Morgan fingerprint density at radius 2 is 2.50 bits per heavy atom. The van der Waals surface area contributed by atoms with E-state index in [1.807, 2.05) is 31.0 Å². The first-order chi connectivity index (χ1) is 5.74. The Morgan fingerprint density at radius 3 is 3.08 bits per heavy atom. The number of esters is 1. The molecule has 1 aliphatic heterocycles. The fourth-order valence-electron chi connectivity index (χ4n) is 1.17. The lowest BCUT2D eigenvalue weighted by molar-refractivity contribution is -0.420. The minimum atomic E-state index is -0.183. The van der Waals surface area contributed by atoms with Crippen LogP contribution in [0.3, 0.4) is 0 Å². The Hall–Kier alpha value is -1.12. The highest BCUT2D eigenvalue weighted by Gasteiger charge is 2.16. The van der Waals surface area contributed by atoms with Crippen molar-refractivity contribution < 1.29 is 14.1 Å². The Balaban J connectivity index is 2.62. The molecule has 0 atom stereocenters. The van der Waals surface area contributed by atoms with Crippen LogP contribution in [-0.4, -0.2) is 30.4 Å². The van der Waals surface area contributed by atoms with E-state index in [9.17, 15) is 4.79 Å². The standard InChI is InChI=1S/C9H14NO2/c1-3-12-9(11)8-5-4-6-10(2)7-8/h6-7H,3-5H2,1-2H3/q+1. The van der Waals surface area contributed by atoms with E-state index in [4.69, 9.17) is 4.74 Å². The maximum absolute atomic E-state index is 11.2. The molecule has 66 valence electrons. The van der Waals surface area contributed by atoms with Gasteiger partial charge in [0, 0.05) is 6.42 Å². The van der Waals surface area contributed by atoms with E-state index in [1.165, 1.54) is 0 Å². The number of nitrogens with zero attached hydrogens (tertiary/aromatic N) is 1. The average Bonchev–Trinajstić information content (AvgIpc) is 2.05. The van der Waals surface area contributed by atoms with Gasteiger partial charge in [0.1, 0.15) is 18.8 Å². The van der Waals surface area contributed by atoms with Crippen LogP contribution >= 0.6 is 0 Å². The molecular formula is C9H14NO2+. The predicted octanol–water partition coefficient (Wildman–Crippen LogP) is 0.940. The van der Waals surface area contributed by atoms with Crippen LogP contribution in [0.2, 0.25) is 0 Å². The molecule has 0 saturated carbocycles. The smallest absolute Gasteiger partial charge is 0.340 e. The Kier molecular flexibility index (Phi) is 3.02. The summed E-state index contributed by atoms with van der Waals surface area (Å²) in [6.07, 6.45) is 5.58. The molecule has 12 heavy (non-hydrogen) atoms. The van der Waals surface area contributed by atoms with Crippen molar-refractivity contribution in [2.24, 2.45) is 0 Å². The van der Waals surface area contributed by atoms with Crippen molar-refractivity contribution in [2.75, 3.05) is 13.7 Å². The van der Waals surface area contributed by atoms with Gasteiger partial charge in [-0.2, -0.15) is 0 Å². The second-order valence-corrected chi connectivity index (χ2v) is 2.76. The number of hydrogen-bond acceptors (Lipinski definition) is 2. The summed E-state index contributed by atoms with van der Waals surface area (Å²) in [6.45, 7) is 2.26. The average molecular weight is 168 g/mol. The summed E-state index contributed by atoms with van der Waals surface area (Å²) in [7, 11) is 1.92. The van der Waals surface area contributed by atoms with Crippen LogP contribution in [0.4, 0.5) is 0 Å². The van der Waals surface area contributed by atoms with Crippen LogP contribution in [0, 0.1) is 0 Å². The van der Waals surface area contributed by atoms with Crippen molar-refractivity contribution in [1.82, 2.24) is 0 Å². The van der Waals surface area contributed by atoms with Crippen LogP contribution in [0.1, 0.15) is 19.8 Å². The summed E-state index contributed by atoms with van der Waals surface area (Å²) in [5.74, 6) is -0.183. The van der Waals surface area contributed by atoms with Crippen LogP contribution in [0.25, 0.3) is 0 Å². The van der Waals surface area contributed by atoms with Crippen molar-refractivity contribution in [3.8, 4) is 0 Å². The number of carbonyl (C=O) groups excluding carboxylic acids is 1. The minimum absolute atomic E-state index is 0.183. The maximum Gasteiger partial charge on any atom is 0.340 e. The van der Waals surface area contributed by atoms with Crippen molar-refractivity contribution in [3.63, 3.8) is 0 Å². The highest BCUT2D eigenvalue weighted by atomic mass is 16.5. The summed E-state index contributed by atoms with van der Waals surface area (Å²) in [4.78, 5) is 11.2. The summed E-state index contributed by atoms with van der Waals surface area (Å²) in [6, 6.07) is 0. The molecule has 0 aromatic carbocycles. The largest absolute Gasteiger partial charge is 0.462 e. The number of carbonyl (C=O) groups is 1. The van der Waals surface area contributed by atoms with Gasteiger partial charge in [-0.3, -0.25) is 0 Å². The highest BCUT2D eigenvalue weighted by molar-refractivity contribution is 5.88. The summed E-state index contributed by atoms with van der Waals surface area (Å²) in [5, 5.41) is 0. The number of ether oxygens (including phenoxy) is 1. The fraction of sp³-hybridized carbons (Fsp3) is 0.556. The van der Waals surface area contributed by atoms with Gasteiger partial charge in [0.05, 0.1) is 6.61 Å². The van der Waals surface area contributed by atoms with Crippen LogP contribution in [-0.2, 0) is 9.53 Å². The molecule has 0 N–H and O–H groups in total. The van der Waals surface area contributed by atoms with E-state index in [-0.39, 0.29) is 5.97 Å². The molecule has 0 bridgehead atoms. The van der Waals surface area contributed by atoms with Crippen molar-refractivity contribution >= 4 is 12.2 Å². The molecule has 0 aromatic rings. The normalized spacial score (nSPS) is 16.5. The zero-order chi connectivity index (χ0) is 8.97. The zero-order valence-corrected chi connectivity index (χ0v) is 7.54. The number of rotatable bonds is 2. The van der Waals surface area contributed by atoms with E-state index in [1.54, 1.807) is 0 Å². The number of hydrogen-bond donors (Lipinski definition) is 0. The maximum atomic E-state index is 11.2. The first-order valence-electron chi connectivity index (χ1n) is 4.17. The van der Waals surface area contributed by atoms with Crippen molar-refractivity contribution in [3.05, 3.63) is 11.8 Å². The quantitative estimate of drug-likeness (QED) is 0.453. The van der Waals surface area contributed by atoms with Crippen molar-refractivity contribution in [1.29, 1.82) is 0 Å². The fourth-order valence-corrected chi connectivity index (χ4v) is 1.17. The molecule has 3 heteroatoms. The van der Waals surface area contributed by atoms with Gasteiger partial charge in [-0.1, -0.05) is 0 Å². The molecule has 0 spiro atoms. The van der Waals surface area contributed by atoms with Gasteiger partial charge in [-0.25, -0.2) is 9.37 Å². The van der Waals surface area contributed by atoms with Crippen LogP contribution in [0.5, 0.6) is 0 Å². The minimum Gasteiger partial charge on any atom is -0.462 e. The topological polar surface area (TPSA) is 29.3 Å². The summed E-state index contributed by atoms with van der Waals surface area (Å²) >= 11 is 0. The lowest BCUT2D eigenvalue weighted by atomic mass is 10.1. The molecule has 0 amide bonds. The van der Waals surface area contributed by atoms with Gasteiger partial charge in [0.25, 0.3) is 0 Å². The van der Waals surface area contributed by atoms with Crippen LogP contribution in [0.15, 0.2) is 11.8 Å². The van der Waals surface area contributed by atoms with E-state index >= 15 is 0 Å². The second-order valence-electron chi connectivity index (χ2n) is 2.76. The monoisotopic (exact) mass is 168 g/mol. The third-order valence-electron chi connectivity index (χ3n) is 1.73. The Labute approximate surface area is 72.3 Å². The molecule has 0 aliphatic carbocycles. The van der Waals surface area contributed by atoms with E-state index < -0.39 is 0 Å². The lowest BCUT2D eigenvalue weighted by Gasteiger charge is -2.05. The molecule has 0 radical (unpaired) electrons. The van der Waals surface area contributed by atoms with E-state index in [0.717, 1.165) is 18.4 Å². The van der Waals surface area contributed by atoms with Gasteiger partial charge in [0.15, 0.2) is 6.20 Å². The third kappa shape index (κ3) is 2.19. The Morgan fingerprint density at radius 1 is 1.75 bits per heavy atom. The SMILES string of the molecule is CCOC(=O)C1=C[N+](C)=CCC1. The molecule has 1 heterocycles. The third-order valence-corrected chi connectivity index (χ3v) is 1.73. The van der Waals surface area contributed by atoms with Gasteiger partial charge in [-0.15, -0.1) is 0 Å². The van der Waals surface area contributed by atoms with Gasteiger partial charge >= 0.3 is 5.97 Å². The van der Waals surface area contributed by atoms with Crippen LogP contribution < -0.4 is 0 Å². The first kappa shape index (κ1) is 8.97. The van der Waals surface area contributed by atoms with E-state index in [2.05, 4.69) is 0 Å². The molecular weight excluding hydrogens is 154 g/mol. The second kappa shape index (κ2) is 4.04. The molecule has 0 fully saturated rings. The van der Waals surface area contributed by atoms with Gasteiger partial charge in [0.2, 0.25) is 0 Å². The molecule has 0 aromatic heterocycles. The molecule has 1 aliphatic rings. The summed E-state index contributed by atoms with van der Waals surface area (Å²) < 4.78 is 6.78. The highest BCUT2D eigenvalue weighted by Crippen LogP contribution is 2.09. The first-order valence-corrected chi connectivity index (χ1v) is 4.17. The van der Waals surface area contributed by atoms with Gasteiger partial charge in [-0.05, 0) is 13.3 Å². The molecule has 3 nitrogen and oxygen atoms in total. The predicted molar refractivity (Wildman–Crippen MR) is 46.2 cm³/mol.